The highest BCUT2D eigenvalue weighted by molar-refractivity contribution is 9.10. The van der Waals surface area contributed by atoms with Gasteiger partial charge in [-0.05, 0) is 31.0 Å². The van der Waals surface area contributed by atoms with Gasteiger partial charge in [0.15, 0.2) is 5.75 Å². The van der Waals surface area contributed by atoms with E-state index in [1.807, 2.05) is 0 Å². The molecule has 1 atom stereocenters. The van der Waals surface area contributed by atoms with Gasteiger partial charge in [0, 0.05) is 23.5 Å². The molecule has 21 heavy (non-hydrogen) atoms. The number of nitrogens with one attached hydrogen (secondary N) is 2. The van der Waals surface area contributed by atoms with E-state index in [-0.39, 0.29) is 29.8 Å². The van der Waals surface area contributed by atoms with E-state index in [2.05, 4.69) is 31.3 Å². The van der Waals surface area contributed by atoms with E-state index in [0.717, 1.165) is 6.42 Å². The molecule has 1 amide bonds. The average Bonchev–Trinajstić information content (AvgIpc) is 2.55. The van der Waals surface area contributed by atoms with Crippen molar-refractivity contribution >= 4 is 27.5 Å². The van der Waals surface area contributed by atoms with Crippen molar-refractivity contribution in [3.8, 4) is 5.75 Å². The zero-order valence-corrected chi connectivity index (χ0v) is 12.6. The summed E-state index contributed by atoms with van der Waals surface area (Å²) in [5.74, 6) is -0.429. The summed E-state index contributed by atoms with van der Waals surface area (Å²) in [7, 11) is 0. The second kappa shape index (κ2) is 6.55. The molecule has 1 heterocycles. The molecule has 0 bridgehead atoms. The van der Waals surface area contributed by atoms with Crippen LogP contribution < -0.4 is 15.4 Å². The first kappa shape index (κ1) is 15.9. The summed E-state index contributed by atoms with van der Waals surface area (Å²) in [5, 5.41) is 5.69. The van der Waals surface area contributed by atoms with E-state index in [1.165, 1.54) is 12.1 Å². The first-order valence-electron chi connectivity index (χ1n) is 6.42. The SMILES string of the molecule is O=C1CC(Nc2ccc(Br)cc2OC(F)(F)F)CCCN1. The minimum Gasteiger partial charge on any atom is -0.404 e. The summed E-state index contributed by atoms with van der Waals surface area (Å²) in [6, 6.07) is 4.13. The molecular weight excluding hydrogens is 353 g/mol. The summed E-state index contributed by atoms with van der Waals surface area (Å²) < 4.78 is 41.8. The molecule has 0 saturated carbocycles. The van der Waals surface area contributed by atoms with Crippen LogP contribution in [0.1, 0.15) is 19.3 Å². The number of hydrogen-bond donors (Lipinski definition) is 2. The molecule has 0 aliphatic carbocycles. The number of rotatable bonds is 3. The van der Waals surface area contributed by atoms with Crippen LogP contribution in [0.25, 0.3) is 0 Å². The van der Waals surface area contributed by atoms with Gasteiger partial charge >= 0.3 is 6.36 Å². The molecule has 0 spiro atoms. The molecule has 4 nitrogen and oxygen atoms in total. The number of amides is 1. The Kier molecular flexibility index (Phi) is 4.97. The molecule has 1 saturated heterocycles. The quantitative estimate of drug-likeness (QED) is 0.861. The summed E-state index contributed by atoms with van der Waals surface area (Å²) >= 11 is 3.11. The minimum atomic E-state index is -4.77. The Bertz CT molecular complexity index is 523. The number of carbonyl (C=O) groups excluding carboxylic acids is 1. The van der Waals surface area contributed by atoms with E-state index in [9.17, 15) is 18.0 Å². The lowest BCUT2D eigenvalue weighted by atomic mass is 10.1. The van der Waals surface area contributed by atoms with Crippen molar-refractivity contribution in [1.82, 2.24) is 5.32 Å². The molecule has 1 aliphatic rings. The second-order valence-electron chi connectivity index (χ2n) is 4.73. The molecule has 1 aromatic carbocycles. The molecule has 116 valence electrons. The maximum Gasteiger partial charge on any atom is 0.573 e. The Hall–Kier alpha value is -1.44. The van der Waals surface area contributed by atoms with Crippen LogP contribution in [0.3, 0.4) is 0 Å². The molecule has 0 aromatic heterocycles. The number of alkyl halides is 3. The van der Waals surface area contributed by atoms with Gasteiger partial charge in [-0.2, -0.15) is 0 Å². The predicted molar refractivity (Wildman–Crippen MR) is 75.1 cm³/mol. The predicted octanol–water partition coefficient (Wildman–Crippen LogP) is 3.43. The van der Waals surface area contributed by atoms with Crippen molar-refractivity contribution in [3.05, 3.63) is 22.7 Å². The van der Waals surface area contributed by atoms with Crippen LogP contribution in [0.5, 0.6) is 5.75 Å². The van der Waals surface area contributed by atoms with Crippen molar-refractivity contribution in [3.63, 3.8) is 0 Å². The zero-order valence-electron chi connectivity index (χ0n) is 11.0. The molecule has 0 radical (unpaired) electrons. The van der Waals surface area contributed by atoms with Crippen molar-refractivity contribution in [1.29, 1.82) is 0 Å². The highest BCUT2D eigenvalue weighted by atomic mass is 79.9. The monoisotopic (exact) mass is 366 g/mol. The Morgan fingerprint density at radius 1 is 1.38 bits per heavy atom. The third-order valence-corrected chi connectivity index (χ3v) is 3.51. The molecule has 2 rings (SSSR count). The van der Waals surface area contributed by atoms with Gasteiger partial charge in [0.2, 0.25) is 5.91 Å². The van der Waals surface area contributed by atoms with Gasteiger partial charge < -0.3 is 15.4 Å². The third kappa shape index (κ3) is 5.11. The fourth-order valence-electron chi connectivity index (χ4n) is 2.14. The first-order chi connectivity index (χ1) is 9.83. The molecule has 1 unspecified atom stereocenters. The van der Waals surface area contributed by atoms with Crippen LogP contribution in [0, 0.1) is 0 Å². The number of carbonyl (C=O) groups is 1. The highest BCUT2D eigenvalue weighted by Crippen LogP contribution is 2.34. The molecule has 1 aliphatic heterocycles. The molecule has 2 N–H and O–H groups in total. The van der Waals surface area contributed by atoms with Crippen molar-refractivity contribution < 1.29 is 22.7 Å². The summed E-state index contributed by atoms with van der Waals surface area (Å²) in [6.45, 7) is 0.587. The number of halogens is 4. The molecule has 8 heteroatoms. The van der Waals surface area contributed by atoms with E-state index in [4.69, 9.17) is 0 Å². The van der Waals surface area contributed by atoms with E-state index in [0.29, 0.717) is 17.4 Å². The standard InChI is InChI=1S/C13H14BrF3N2O2/c14-8-3-4-10(11(6-8)21-13(15,16)17)19-9-2-1-5-18-12(20)7-9/h3-4,6,9,19H,1-2,5,7H2,(H,18,20). The van der Waals surface area contributed by atoms with Crippen molar-refractivity contribution in [2.24, 2.45) is 0 Å². The largest absolute Gasteiger partial charge is 0.573 e. The van der Waals surface area contributed by atoms with Crippen LogP contribution >= 0.6 is 15.9 Å². The van der Waals surface area contributed by atoms with Gasteiger partial charge in [-0.25, -0.2) is 0 Å². The fraction of sp³-hybridized carbons (Fsp3) is 0.462. The highest BCUT2D eigenvalue weighted by Gasteiger charge is 2.32. The molecule has 1 aromatic rings. The fourth-order valence-corrected chi connectivity index (χ4v) is 2.48. The summed E-state index contributed by atoms with van der Waals surface area (Å²) in [6.07, 6.45) is -3.07. The Balaban J connectivity index is 2.16. The van der Waals surface area contributed by atoms with Gasteiger partial charge in [-0.3, -0.25) is 4.79 Å². The minimum absolute atomic E-state index is 0.111. The number of ether oxygens (including phenoxy) is 1. The lowest BCUT2D eigenvalue weighted by molar-refractivity contribution is -0.274. The lowest BCUT2D eigenvalue weighted by Crippen LogP contribution is -2.27. The van der Waals surface area contributed by atoms with Gasteiger partial charge in [0.05, 0.1) is 5.69 Å². The van der Waals surface area contributed by atoms with Crippen LogP contribution in [0.15, 0.2) is 22.7 Å². The van der Waals surface area contributed by atoms with Gasteiger partial charge in [-0.15, -0.1) is 13.2 Å². The maximum atomic E-state index is 12.4. The number of hydrogen-bond acceptors (Lipinski definition) is 3. The average molecular weight is 367 g/mol. The zero-order chi connectivity index (χ0) is 15.5. The third-order valence-electron chi connectivity index (χ3n) is 3.01. The Morgan fingerprint density at radius 3 is 2.86 bits per heavy atom. The number of anilines is 1. The smallest absolute Gasteiger partial charge is 0.404 e. The lowest BCUT2D eigenvalue weighted by Gasteiger charge is -2.20. The van der Waals surface area contributed by atoms with Crippen molar-refractivity contribution in [2.75, 3.05) is 11.9 Å². The van der Waals surface area contributed by atoms with E-state index in [1.54, 1.807) is 6.07 Å². The Morgan fingerprint density at radius 2 is 2.14 bits per heavy atom. The van der Waals surface area contributed by atoms with E-state index < -0.39 is 6.36 Å². The van der Waals surface area contributed by atoms with Crippen LogP contribution in [-0.2, 0) is 4.79 Å². The Labute approximate surface area is 128 Å². The summed E-state index contributed by atoms with van der Waals surface area (Å²) in [5.41, 5.74) is 0.218. The first-order valence-corrected chi connectivity index (χ1v) is 7.21. The van der Waals surface area contributed by atoms with Crippen molar-refractivity contribution in [2.45, 2.75) is 31.7 Å². The molecular formula is C13H14BrF3N2O2. The van der Waals surface area contributed by atoms with Crippen LogP contribution in [0.4, 0.5) is 18.9 Å². The van der Waals surface area contributed by atoms with Crippen LogP contribution in [-0.4, -0.2) is 24.9 Å². The maximum absolute atomic E-state index is 12.4. The van der Waals surface area contributed by atoms with Gasteiger partial charge in [0.25, 0.3) is 0 Å². The normalized spacial score (nSPS) is 19.6. The van der Waals surface area contributed by atoms with Crippen LogP contribution in [0.2, 0.25) is 0 Å². The van der Waals surface area contributed by atoms with Gasteiger partial charge in [0.1, 0.15) is 0 Å². The van der Waals surface area contributed by atoms with Gasteiger partial charge in [-0.1, -0.05) is 15.9 Å². The second-order valence-corrected chi connectivity index (χ2v) is 5.64. The number of benzene rings is 1. The van der Waals surface area contributed by atoms with E-state index >= 15 is 0 Å². The molecule has 1 fully saturated rings. The topological polar surface area (TPSA) is 50.4 Å². The summed E-state index contributed by atoms with van der Waals surface area (Å²) in [4.78, 5) is 11.5.